The van der Waals surface area contributed by atoms with Crippen molar-refractivity contribution in [2.75, 3.05) is 20.3 Å². The first kappa shape index (κ1) is 16.2. The quantitative estimate of drug-likeness (QED) is 0.579. The number of piperidine rings is 1. The summed E-state index contributed by atoms with van der Waals surface area (Å²) in [5.74, 6) is 1.56. The zero-order valence-corrected chi connectivity index (χ0v) is 17.7. The van der Waals surface area contributed by atoms with E-state index in [0.29, 0.717) is 11.8 Å². The van der Waals surface area contributed by atoms with Crippen LogP contribution in [0.5, 0.6) is 5.75 Å². The van der Waals surface area contributed by atoms with Crippen molar-refractivity contribution in [1.82, 2.24) is 4.90 Å². The molecular formula is C21H25NO2P2. The summed E-state index contributed by atoms with van der Waals surface area (Å²) < 4.78 is 6.85. The van der Waals surface area contributed by atoms with Crippen LogP contribution in [0.25, 0.3) is 0 Å². The molecule has 136 valence electrons. The number of ketones is 1. The number of Topliss-reactive ketones (excluding diaryl/α,β-unsaturated/α-hetero) is 1. The molecule has 6 aliphatic rings. The number of rotatable bonds is 2. The summed E-state index contributed by atoms with van der Waals surface area (Å²) in [6.07, 6.45) is 3.42. The third-order valence-electron chi connectivity index (χ3n) is 8.05. The van der Waals surface area contributed by atoms with Crippen molar-refractivity contribution in [2.24, 2.45) is 5.92 Å². The molecule has 0 aromatic heterocycles. The highest BCUT2D eigenvalue weighted by Gasteiger charge is 2.74. The van der Waals surface area contributed by atoms with Gasteiger partial charge in [-0.3, -0.25) is 9.69 Å². The minimum Gasteiger partial charge on any atom is -0.487 e. The molecule has 7 rings (SSSR count). The van der Waals surface area contributed by atoms with Gasteiger partial charge in [-0.25, -0.2) is 0 Å². The molecule has 5 unspecified atom stereocenters. The van der Waals surface area contributed by atoms with Crippen molar-refractivity contribution >= 4 is 28.9 Å². The lowest BCUT2D eigenvalue weighted by atomic mass is 9.44. The van der Waals surface area contributed by atoms with E-state index in [1.807, 2.05) is 0 Å². The normalized spacial score (nSPS) is 41.9. The maximum Gasteiger partial charge on any atom is 0.138 e. The van der Waals surface area contributed by atoms with Crippen molar-refractivity contribution in [3.63, 3.8) is 0 Å². The Kier molecular flexibility index (Phi) is 3.00. The number of hydrogen-bond acceptors (Lipinski definition) is 3. The average molecular weight is 385 g/mol. The highest BCUT2D eigenvalue weighted by molar-refractivity contribution is 7.39. The lowest BCUT2D eigenvalue weighted by Crippen LogP contribution is -2.73. The van der Waals surface area contributed by atoms with Gasteiger partial charge in [0.25, 0.3) is 0 Å². The Bertz CT molecular complexity index is 925. The largest absolute Gasteiger partial charge is 0.487 e. The summed E-state index contributed by atoms with van der Waals surface area (Å²) in [5, 5.41) is 1.20. The van der Waals surface area contributed by atoms with E-state index in [4.69, 9.17) is 4.74 Å². The summed E-state index contributed by atoms with van der Waals surface area (Å²) in [6.45, 7) is 5.21. The number of carbonyl (C=O) groups is 1. The van der Waals surface area contributed by atoms with E-state index in [1.54, 1.807) is 12.5 Å². The topological polar surface area (TPSA) is 29.5 Å². The number of ether oxygens (including phenoxy) is 1. The van der Waals surface area contributed by atoms with Crippen LogP contribution in [0.15, 0.2) is 23.3 Å². The average Bonchev–Trinajstić information content (AvgIpc) is 2.94. The summed E-state index contributed by atoms with van der Waals surface area (Å²) in [6, 6.07) is 4.97. The SMILES string of the molecule is CP[C@@]12CC(=C3C4Cc5ccc(P)c6c5C3(CCN4C)C1O6)[C@@H]2C(C)=O. The first-order chi connectivity index (χ1) is 12.5. The molecule has 5 heteroatoms. The zero-order chi connectivity index (χ0) is 18.0. The standard InChI is InChI=1S/C21H25NO2P2/c1-10(23)15-12-9-21(15,26-3)19-20-6-7-22(2)13(17(12)20)8-11-4-5-14(25)18(24-19)16(11)20/h4-5,13,15,19,26H,6-9,25H2,1-3H3/t13?,15-,19?,20?,21+/m0/s1. The lowest BCUT2D eigenvalue weighted by Gasteiger charge is -2.67. The van der Waals surface area contributed by atoms with Crippen LogP contribution in [0, 0.1) is 5.92 Å². The van der Waals surface area contributed by atoms with E-state index in [2.05, 4.69) is 40.0 Å². The fourth-order valence-electron chi connectivity index (χ4n) is 7.15. The monoisotopic (exact) mass is 385 g/mol. The van der Waals surface area contributed by atoms with Crippen LogP contribution in [0.2, 0.25) is 0 Å². The van der Waals surface area contributed by atoms with Gasteiger partial charge in [0.05, 0.1) is 11.3 Å². The molecule has 0 amide bonds. The molecule has 1 saturated carbocycles. The van der Waals surface area contributed by atoms with Gasteiger partial charge in [0.15, 0.2) is 0 Å². The van der Waals surface area contributed by atoms with Gasteiger partial charge in [-0.05, 0) is 57.6 Å². The van der Waals surface area contributed by atoms with Gasteiger partial charge in [-0.15, -0.1) is 17.8 Å². The van der Waals surface area contributed by atoms with Crippen molar-refractivity contribution in [3.05, 3.63) is 34.4 Å². The van der Waals surface area contributed by atoms with E-state index in [9.17, 15) is 4.79 Å². The third-order valence-corrected chi connectivity index (χ3v) is 10.2. The van der Waals surface area contributed by atoms with Crippen LogP contribution < -0.4 is 10.0 Å². The Labute approximate surface area is 158 Å². The molecule has 1 aromatic rings. The van der Waals surface area contributed by atoms with Crippen LogP contribution in [-0.4, -0.2) is 48.2 Å². The fourth-order valence-corrected chi connectivity index (χ4v) is 9.06. The van der Waals surface area contributed by atoms with Crippen LogP contribution in [0.3, 0.4) is 0 Å². The Morgan fingerprint density at radius 1 is 1.42 bits per heavy atom. The number of nitrogens with zero attached hydrogens (tertiary/aromatic N) is 1. The van der Waals surface area contributed by atoms with Crippen LogP contribution >= 0.6 is 17.8 Å². The minimum atomic E-state index is 0.0237. The molecule has 3 nitrogen and oxygen atoms in total. The number of likely N-dealkylation sites (tertiary alicyclic amines) is 1. The molecule has 0 N–H and O–H groups in total. The maximum atomic E-state index is 12.7. The van der Waals surface area contributed by atoms with Gasteiger partial charge in [-0.2, -0.15) is 0 Å². The second-order valence-electron chi connectivity index (χ2n) is 8.89. The smallest absolute Gasteiger partial charge is 0.138 e. The summed E-state index contributed by atoms with van der Waals surface area (Å²) in [7, 11) is 5.89. The second kappa shape index (κ2) is 4.80. The molecule has 2 heterocycles. The van der Waals surface area contributed by atoms with Gasteiger partial charge in [0, 0.05) is 22.1 Å². The maximum absolute atomic E-state index is 12.7. The van der Waals surface area contributed by atoms with Crippen LogP contribution in [0.1, 0.15) is 30.9 Å². The van der Waals surface area contributed by atoms with Gasteiger partial charge < -0.3 is 4.74 Å². The Morgan fingerprint density at radius 3 is 2.96 bits per heavy atom. The Hall–Kier alpha value is -0.750. The number of hydrogen-bond donors (Lipinski definition) is 0. The highest BCUT2D eigenvalue weighted by Crippen LogP contribution is 2.74. The van der Waals surface area contributed by atoms with E-state index in [-0.39, 0.29) is 22.6 Å². The van der Waals surface area contributed by atoms with Gasteiger partial charge >= 0.3 is 0 Å². The number of carbonyl (C=O) groups excluding carboxylic acids is 1. The van der Waals surface area contributed by atoms with Crippen LogP contribution in [-0.2, 0) is 16.6 Å². The van der Waals surface area contributed by atoms with Crippen molar-refractivity contribution in [1.29, 1.82) is 0 Å². The first-order valence-electron chi connectivity index (χ1n) is 9.67. The summed E-state index contributed by atoms with van der Waals surface area (Å²) >= 11 is 0. The third kappa shape index (κ3) is 1.48. The van der Waals surface area contributed by atoms with Crippen LogP contribution in [0.4, 0.5) is 0 Å². The Morgan fingerprint density at radius 2 is 2.23 bits per heavy atom. The molecule has 4 aliphatic carbocycles. The molecule has 2 fully saturated rings. The van der Waals surface area contributed by atoms with E-state index in [1.165, 1.54) is 22.0 Å². The summed E-state index contributed by atoms with van der Waals surface area (Å²) in [5.41, 5.74) is 6.06. The molecule has 0 radical (unpaired) electrons. The molecule has 26 heavy (non-hydrogen) atoms. The van der Waals surface area contributed by atoms with E-state index in [0.717, 1.165) is 40.1 Å². The van der Waals surface area contributed by atoms with E-state index >= 15 is 0 Å². The van der Waals surface area contributed by atoms with E-state index < -0.39 is 0 Å². The molecule has 1 aromatic carbocycles. The highest BCUT2D eigenvalue weighted by atomic mass is 31.1. The number of likely N-dealkylation sites (N-methyl/N-ethyl adjacent to an activating group) is 1. The van der Waals surface area contributed by atoms with Crippen molar-refractivity contribution < 1.29 is 9.53 Å². The zero-order valence-electron chi connectivity index (χ0n) is 15.6. The Balaban J connectivity index is 1.72. The lowest BCUT2D eigenvalue weighted by molar-refractivity contribution is -0.125. The van der Waals surface area contributed by atoms with Crippen molar-refractivity contribution in [3.8, 4) is 5.75 Å². The molecule has 7 atom stereocenters. The molecular weight excluding hydrogens is 360 g/mol. The minimum absolute atomic E-state index is 0.0237. The van der Waals surface area contributed by atoms with Gasteiger partial charge in [0.1, 0.15) is 17.6 Å². The predicted octanol–water partition coefficient (Wildman–Crippen LogP) is 2.41. The number of allylic oxidation sites excluding steroid dienone is 1. The first-order valence-corrected chi connectivity index (χ1v) is 11.7. The fraction of sp³-hybridized carbons (Fsp3) is 0.571. The molecule has 4 bridgehead atoms. The van der Waals surface area contributed by atoms with Crippen molar-refractivity contribution in [2.45, 2.75) is 48.9 Å². The molecule has 1 saturated heterocycles. The van der Waals surface area contributed by atoms with Gasteiger partial charge in [0.2, 0.25) is 0 Å². The number of benzene rings is 1. The predicted molar refractivity (Wildman–Crippen MR) is 109 cm³/mol. The second-order valence-corrected chi connectivity index (χ2v) is 10.9. The summed E-state index contributed by atoms with van der Waals surface area (Å²) in [4.78, 5) is 15.2. The molecule has 1 spiro atoms. The molecule has 2 aliphatic heterocycles. The van der Waals surface area contributed by atoms with Gasteiger partial charge in [-0.1, -0.05) is 17.7 Å².